The van der Waals surface area contributed by atoms with Crippen LogP contribution < -0.4 is 5.32 Å². The average Bonchev–Trinajstić information content (AvgIpc) is 3.25. The maximum absolute atomic E-state index is 12.7. The number of ether oxygens (including phenoxy) is 1. The van der Waals surface area contributed by atoms with Gasteiger partial charge in [0.2, 0.25) is 11.8 Å². The van der Waals surface area contributed by atoms with Gasteiger partial charge in [0.1, 0.15) is 0 Å². The van der Waals surface area contributed by atoms with Crippen molar-refractivity contribution in [3.05, 3.63) is 53.9 Å². The van der Waals surface area contributed by atoms with Crippen LogP contribution in [0.2, 0.25) is 0 Å². The van der Waals surface area contributed by atoms with Gasteiger partial charge in [0.15, 0.2) is 0 Å². The van der Waals surface area contributed by atoms with E-state index in [0.717, 1.165) is 38.4 Å². The van der Waals surface area contributed by atoms with Crippen molar-refractivity contribution in [2.75, 3.05) is 45.9 Å². The van der Waals surface area contributed by atoms with E-state index in [9.17, 15) is 9.59 Å². The van der Waals surface area contributed by atoms with Crippen LogP contribution in [0.25, 0.3) is 0 Å². The van der Waals surface area contributed by atoms with Gasteiger partial charge in [-0.05, 0) is 12.0 Å². The van der Waals surface area contributed by atoms with E-state index in [1.165, 1.54) is 5.56 Å². The van der Waals surface area contributed by atoms with E-state index < -0.39 is 0 Å². The molecule has 1 aromatic carbocycles. The molecule has 1 unspecified atom stereocenters. The summed E-state index contributed by atoms with van der Waals surface area (Å²) in [6.45, 7) is 6.49. The van der Waals surface area contributed by atoms with Crippen LogP contribution in [-0.4, -0.2) is 77.3 Å². The Bertz CT molecular complexity index is 863. The SMILES string of the molecule is O=C(NCc1cnn(Cc2ccccc2)c1)C1CCC(=O)N(CCN2CCOCC2)C1. The van der Waals surface area contributed by atoms with Crippen LogP contribution in [0.3, 0.4) is 0 Å². The molecule has 0 spiro atoms. The van der Waals surface area contributed by atoms with Crippen LogP contribution in [-0.2, 0) is 27.4 Å². The maximum Gasteiger partial charge on any atom is 0.225 e. The maximum atomic E-state index is 12.7. The van der Waals surface area contributed by atoms with E-state index in [0.29, 0.717) is 39.0 Å². The van der Waals surface area contributed by atoms with Crippen molar-refractivity contribution >= 4 is 11.8 Å². The highest BCUT2D eigenvalue weighted by Crippen LogP contribution is 2.18. The van der Waals surface area contributed by atoms with E-state index in [2.05, 4.69) is 27.4 Å². The van der Waals surface area contributed by atoms with Gasteiger partial charge in [-0.3, -0.25) is 19.2 Å². The normalized spacial score (nSPS) is 20.1. The second-order valence-electron chi connectivity index (χ2n) is 8.28. The number of hydrogen-bond acceptors (Lipinski definition) is 5. The van der Waals surface area contributed by atoms with Gasteiger partial charge < -0.3 is 15.0 Å². The molecule has 4 rings (SSSR count). The summed E-state index contributed by atoms with van der Waals surface area (Å²) in [6, 6.07) is 10.2. The Hall–Kier alpha value is -2.71. The number of carbonyl (C=O) groups excluding carboxylic acids is 2. The lowest BCUT2D eigenvalue weighted by Crippen LogP contribution is -2.49. The molecule has 1 atom stereocenters. The molecule has 2 fully saturated rings. The van der Waals surface area contributed by atoms with Crippen molar-refractivity contribution in [2.45, 2.75) is 25.9 Å². The molecule has 0 aliphatic carbocycles. The fourth-order valence-corrected chi connectivity index (χ4v) is 4.12. The quantitative estimate of drug-likeness (QED) is 0.686. The molecule has 0 saturated carbocycles. The smallest absolute Gasteiger partial charge is 0.225 e. The number of piperidine rings is 1. The Morgan fingerprint density at radius 3 is 2.74 bits per heavy atom. The van der Waals surface area contributed by atoms with Crippen molar-refractivity contribution in [1.82, 2.24) is 24.9 Å². The zero-order valence-electron chi connectivity index (χ0n) is 17.9. The number of aromatic nitrogens is 2. The summed E-state index contributed by atoms with van der Waals surface area (Å²) in [4.78, 5) is 29.2. The second kappa shape index (κ2) is 10.5. The third-order valence-corrected chi connectivity index (χ3v) is 6.00. The van der Waals surface area contributed by atoms with Crippen LogP contribution in [0.1, 0.15) is 24.0 Å². The van der Waals surface area contributed by atoms with Gasteiger partial charge in [-0.2, -0.15) is 5.10 Å². The highest BCUT2D eigenvalue weighted by molar-refractivity contribution is 5.83. The number of morpholine rings is 1. The van der Waals surface area contributed by atoms with E-state index in [4.69, 9.17) is 4.74 Å². The molecule has 2 aliphatic heterocycles. The molecule has 1 N–H and O–H groups in total. The van der Waals surface area contributed by atoms with Gasteiger partial charge in [0.05, 0.1) is 31.9 Å². The summed E-state index contributed by atoms with van der Waals surface area (Å²) in [5, 5.41) is 7.42. The molecule has 8 nitrogen and oxygen atoms in total. The summed E-state index contributed by atoms with van der Waals surface area (Å²) in [6.07, 6.45) is 4.82. The Morgan fingerprint density at radius 2 is 1.94 bits per heavy atom. The predicted octanol–water partition coefficient (Wildman–Crippen LogP) is 1.12. The lowest BCUT2D eigenvalue weighted by atomic mass is 9.96. The van der Waals surface area contributed by atoms with E-state index >= 15 is 0 Å². The molecule has 2 amide bonds. The van der Waals surface area contributed by atoms with Gasteiger partial charge in [-0.15, -0.1) is 0 Å². The summed E-state index contributed by atoms with van der Waals surface area (Å²) in [5.74, 6) is 0.0148. The van der Waals surface area contributed by atoms with Gasteiger partial charge in [0, 0.05) is 57.4 Å². The standard InChI is InChI=1S/C23H31N5O3/c29-22-7-6-21(18-27(22)9-8-26-10-12-31-13-11-26)23(30)24-14-20-15-25-28(17-20)16-19-4-2-1-3-5-19/h1-5,15,17,21H,6-14,16,18H2,(H,24,30). The summed E-state index contributed by atoms with van der Waals surface area (Å²) in [5.41, 5.74) is 2.16. The Balaban J connectivity index is 1.23. The lowest BCUT2D eigenvalue weighted by molar-refractivity contribution is -0.138. The zero-order chi connectivity index (χ0) is 21.5. The first-order chi connectivity index (χ1) is 15.2. The Labute approximate surface area is 183 Å². The molecule has 3 heterocycles. The predicted molar refractivity (Wildman–Crippen MR) is 116 cm³/mol. The first-order valence-electron chi connectivity index (χ1n) is 11.1. The Kier molecular flexibility index (Phi) is 7.32. The van der Waals surface area contributed by atoms with Crippen LogP contribution in [0.15, 0.2) is 42.7 Å². The Morgan fingerprint density at radius 1 is 1.13 bits per heavy atom. The van der Waals surface area contributed by atoms with Crippen molar-refractivity contribution in [1.29, 1.82) is 0 Å². The largest absolute Gasteiger partial charge is 0.379 e. The van der Waals surface area contributed by atoms with Gasteiger partial charge in [-0.25, -0.2) is 0 Å². The third kappa shape index (κ3) is 6.15. The van der Waals surface area contributed by atoms with Crippen LogP contribution in [0, 0.1) is 5.92 Å². The highest BCUT2D eigenvalue weighted by Gasteiger charge is 2.30. The summed E-state index contributed by atoms with van der Waals surface area (Å²) in [7, 11) is 0. The zero-order valence-corrected chi connectivity index (χ0v) is 17.9. The van der Waals surface area contributed by atoms with Gasteiger partial charge in [0.25, 0.3) is 0 Å². The van der Waals surface area contributed by atoms with E-state index in [-0.39, 0.29) is 17.7 Å². The number of amides is 2. The minimum atomic E-state index is -0.151. The number of rotatable bonds is 8. The van der Waals surface area contributed by atoms with Crippen molar-refractivity contribution in [3.8, 4) is 0 Å². The van der Waals surface area contributed by atoms with Gasteiger partial charge in [-0.1, -0.05) is 30.3 Å². The fraction of sp³-hybridized carbons (Fsp3) is 0.522. The molecule has 0 bridgehead atoms. The van der Waals surface area contributed by atoms with Crippen molar-refractivity contribution in [3.63, 3.8) is 0 Å². The van der Waals surface area contributed by atoms with Crippen molar-refractivity contribution in [2.24, 2.45) is 5.92 Å². The number of nitrogens with zero attached hydrogens (tertiary/aromatic N) is 4. The number of benzene rings is 1. The molecule has 166 valence electrons. The lowest BCUT2D eigenvalue weighted by Gasteiger charge is -2.34. The summed E-state index contributed by atoms with van der Waals surface area (Å²) >= 11 is 0. The number of likely N-dealkylation sites (tertiary alicyclic amines) is 1. The van der Waals surface area contributed by atoms with E-state index in [1.807, 2.05) is 34.0 Å². The van der Waals surface area contributed by atoms with Crippen LogP contribution in [0.4, 0.5) is 0 Å². The second-order valence-corrected chi connectivity index (χ2v) is 8.28. The highest BCUT2D eigenvalue weighted by atomic mass is 16.5. The van der Waals surface area contributed by atoms with Crippen LogP contribution in [0.5, 0.6) is 0 Å². The molecule has 0 radical (unpaired) electrons. The molecule has 2 saturated heterocycles. The first kappa shape index (κ1) is 21.5. The number of hydrogen-bond donors (Lipinski definition) is 1. The molecule has 8 heteroatoms. The van der Waals surface area contributed by atoms with Crippen molar-refractivity contribution < 1.29 is 14.3 Å². The minimum absolute atomic E-state index is 0.0136. The molecular formula is C23H31N5O3. The molecule has 2 aliphatic rings. The number of nitrogens with one attached hydrogen (secondary N) is 1. The summed E-state index contributed by atoms with van der Waals surface area (Å²) < 4.78 is 7.25. The number of carbonyl (C=O) groups is 2. The monoisotopic (exact) mass is 425 g/mol. The minimum Gasteiger partial charge on any atom is -0.379 e. The topological polar surface area (TPSA) is 79.7 Å². The first-order valence-corrected chi connectivity index (χ1v) is 11.1. The third-order valence-electron chi connectivity index (χ3n) is 6.00. The average molecular weight is 426 g/mol. The fourth-order valence-electron chi connectivity index (χ4n) is 4.12. The van der Waals surface area contributed by atoms with E-state index in [1.54, 1.807) is 6.20 Å². The molecule has 1 aromatic heterocycles. The molecule has 31 heavy (non-hydrogen) atoms. The van der Waals surface area contributed by atoms with Gasteiger partial charge >= 0.3 is 0 Å². The molecular weight excluding hydrogens is 394 g/mol. The molecule has 2 aromatic rings. The van der Waals surface area contributed by atoms with Crippen LogP contribution >= 0.6 is 0 Å².